The number of likely N-dealkylation sites (N-methyl/N-ethyl adjacent to an activating group) is 1. The summed E-state index contributed by atoms with van der Waals surface area (Å²) in [4.78, 5) is 19.3. The van der Waals surface area contributed by atoms with Crippen LogP contribution < -0.4 is 4.74 Å². The van der Waals surface area contributed by atoms with Gasteiger partial charge in [0.1, 0.15) is 24.7 Å². The second-order valence-corrected chi connectivity index (χ2v) is 8.23. The molecule has 0 saturated heterocycles. The number of amides is 1. The molecule has 0 aliphatic carbocycles. The second-order valence-electron chi connectivity index (χ2n) is 8.23. The van der Waals surface area contributed by atoms with Gasteiger partial charge in [-0.15, -0.1) is 0 Å². The van der Waals surface area contributed by atoms with Gasteiger partial charge < -0.3 is 14.2 Å². The zero-order chi connectivity index (χ0) is 21.0. The highest BCUT2D eigenvalue weighted by Crippen LogP contribution is 2.25. The molecule has 0 fully saturated rings. The average Bonchev–Trinajstić information content (AvgIpc) is 3.04. The maximum Gasteiger partial charge on any atom is 0.242 e. The summed E-state index contributed by atoms with van der Waals surface area (Å²) in [6, 6.07) is 16.1. The molecule has 3 rings (SSSR count). The summed E-state index contributed by atoms with van der Waals surface area (Å²) in [5.41, 5.74) is 3.20. The average molecular weight is 394 g/mol. The van der Waals surface area contributed by atoms with E-state index in [4.69, 9.17) is 9.72 Å². The number of benzene rings is 2. The molecular weight excluding hydrogens is 362 g/mol. The molecule has 154 valence electrons. The van der Waals surface area contributed by atoms with E-state index >= 15 is 0 Å². The molecule has 5 heteroatoms. The van der Waals surface area contributed by atoms with Crippen LogP contribution in [0.25, 0.3) is 11.0 Å². The molecule has 0 N–H and O–H groups in total. The van der Waals surface area contributed by atoms with E-state index in [1.54, 1.807) is 0 Å². The van der Waals surface area contributed by atoms with Gasteiger partial charge in [0.25, 0.3) is 0 Å². The van der Waals surface area contributed by atoms with Crippen LogP contribution in [0.4, 0.5) is 0 Å². The van der Waals surface area contributed by atoms with E-state index in [1.807, 2.05) is 59.7 Å². The van der Waals surface area contributed by atoms with Crippen LogP contribution in [0.2, 0.25) is 0 Å². The Morgan fingerprint density at radius 1 is 1.03 bits per heavy atom. The van der Waals surface area contributed by atoms with Gasteiger partial charge in [-0.2, -0.15) is 0 Å². The third-order valence-electron chi connectivity index (χ3n) is 5.23. The van der Waals surface area contributed by atoms with E-state index < -0.39 is 0 Å². The van der Waals surface area contributed by atoms with Crippen molar-refractivity contribution < 1.29 is 9.53 Å². The maximum absolute atomic E-state index is 12.7. The lowest BCUT2D eigenvalue weighted by Gasteiger charge is -2.20. The predicted molar refractivity (Wildman–Crippen MR) is 117 cm³/mol. The quantitative estimate of drug-likeness (QED) is 0.580. The molecule has 0 radical (unpaired) electrons. The molecular formula is C24H31N3O2. The van der Waals surface area contributed by atoms with Crippen molar-refractivity contribution in [3.8, 4) is 5.75 Å². The van der Waals surface area contributed by atoms with E-state index in [0.29, 0.717) is 19.7 Å². The Labute approximate surface area is 173 Å². The summed E-state index contributed by atoms with van der Waals surface area (Å²) < 4.78 is 7.99. The van der Waals surface area contributed by atoms with Crippen LogP contribution in [-0.2, 0) is 23.4 Å². The summed E-state index contributed by atoms with van der Waals surface area (Å²) >= 11 is 0. The SMILES string of the molecule is CCN(CC)C(=O)Cn1c(COc2ccc(C(C)(C)C)cc2)nc2ccccc21. The number of imidazole rings is 1. The summed E-state index contributed by atoms with van der Waals surface area (Å²) in [5, 5.41) is 0. The van der Waals surface area contributed by atoms with Crippen molar-refractivity contribution >= 4 is 16.9 Å². The smallest absolute Gasteiger partial charge is 0.242 e. The number of nitrogens with zero attached hydrogens (tertiary/aromatic N) is 3. The summed E-state index contributed by atoms with van der Waals surface area (Å²) in [6.45, 7) is 12.6. The van der Waals surface area contributed by atoms with Gasteiger partial charge in [0.05, 0.1) is 11.0 Å². The Kier molecular flexibility index (Phi) is 6.26. The molecule has 29 heavy (non-hydrogen) atoms. The van der Waals surface area contributed by atoms with Crippen molar-refractivity contribution in [1.82, 2.24) is 14.5 Å². The number of aromatic nitrogens is 2. The van der Waals surface area contributed by atoms with Gasteiger partial charge in [0.2, 0.25) is 5.91 Å². The van der Waals surface area contributed by atoms with Crippen LogP contribution in [0.5, 0.6) is 5.75 Å². The zero-order valence-electron chi connectivity index (χ0n) is 18.1. The van der Waals surface area contributed by atoms with Crippen molar-refractivity contribution in [2.45, 2.75) is 53.2 Å². The van der Waals surface area contributed by atoms with Crippen molar-refractivity contribution in [3.05, 3.63) is 59.9 Å². The molecule has 0 saturated carbocycles. The molecule has 5 nitrogen and oxygen atoms in total. The fourth-order valence-corrected chi connectivity index (χ4v) is 3.42. The predicted octanol–water partition coefficient (Wildman–Crippen LogP) is 4.78. The molecule has 0 atom stereocenters. The van der Waals surface area contributed by atoms with Crippen molar-refractivity contribution in [1.29, 1.82) is 0 Å². The standard InChI is InChI=1S/C24H31N3O2/c1-6-26(7-2)23(28)16-27-21-11-9-8-10-20(21)25-22(27)17-29-19-14-12-18(13-15-19)24(3,4)5/h8-15H,6-7,16-17H2,1-5H3. The highest BCUT2D eigenvalue weighted by Gasteiger charge is 2.17. The molecule has 0 aliphatic heterocycles. The normalized spacial score (nSPS) is 11.6. The topological polar surface area (TPSA) is 47.4 Å². The first kappa shape index (κ1) is 20.9. The molecule has 0 spiro atoms. The number of para-hydroxylation sites is 2. The molecule has 0 bridgehead atoms. The lowest BCUT2D eigenvalue weighted by atomic mass is 9.87. The monoisotopic (exact) mass is 393 g/mol. The summed E-state index contributed by atoms with van der Waals surface area (Å²) in [6.07, 6.45) is 0. The van der Waals surface area contributed by atoms with Crippen LogP contribution in [0.3, 0.4) is 0 Å². The zero-order valence-corrected chi connectivity index (χ0v) is 18.1. The molecule has 1 aromatic heterocycles. The number of rotatable bonds is 7. The molecule has 3 aromatic rings. The Hall–Kier alpha value is -2.82. The minimum absolute atomic E-state index is 0.0916. The summed E-state index contributed by atoms with van der Waals surface area (Å²) in [7, 11) is 0. The van der Waals surface area contributed by atoms with Gasteiger partial charge >= 0.3 is 0 Å². The fourth-order valence-electron chi connectivity index (χ4n) is 3.42. The Morgan fingerprint density at radius 2 is 1.69 bits per heavy atom. The second kappa shape index (κ2) is 8.68. The third-order valence-corrected chi connectivity index (χ3v) is 5.23. The van der Waals surface area contributed by atoms with Gasteiger partial charge in [-0.1, -0.05) is 45.0 Å². The minimum atomic E-state index is 0.0916. The highest BCUT2D eigenvalue weighted by atomic mass is 16.5. The Balaban J connectivity index is 1.82. The maximum atomic E-state index is 12.7. The Bertz CT molecular complexity index is 964. The summed E-state index contributed by atoms with van der Waals surface area (Å²) in [5.74, 6) is 1.65. The van der Waals surface area contributed by atoms with E-state index in [1.165, 1.54) is 5.56 Å². The Morgan fingerprint density at radius 3 is 2.31 bits per heavy atom. The van der Waals surface area contributed by atoms with Crippen LogP contribution in [0, 0.1) is 0 Å². The van der Waals surface area contributed by atoms with Crippen LogP contribution in [0.15, 0.2) is 48.5 Å². The van der Waals surface area contributed by atoms with Gasteiger partial charge in [0, 0.05) is 13.1 Å². The molecule has 2 aromatic carbocycles. The number of carbonyl (C=O) groups is 1. The van der Waals surface area contributed by atoms with E-state index in [2.05, 4.69) is 32.9 Å². The van der Waals surface area contributed by atoms with Gasteiger partial charge in [0.15, 0.2) is 0 Å². The molecule has 1 amide bonds. The number of hydrogen-bond acceptors (Lipinski definition) is 3. The van der Waals surface area contributed by atoms with Gasteiger partial charge in [-0.3, -0.25) is 4.79 Å². The van der Waals surface area contributed by atoms with Gasteiger partial charge in [-0.25, -0.2) is 4.98 Å². The lowest BCUT2D eigenvalue weighted by Crippen LogP contribution is -2.33. The van der Waals surface area contributed by atoms with E-state index in [9.17, 15) is 4.79 Å². The minimum Gasteiger partial charge on any atom is -0.486 e. The van der Waals surface area contributed by atoms with E-state index in [0.717, 1.165) is 22.6 Å². The number of fused-ring (bicyclic) bond motifs is 1. The first-order valence-corrected chi connectivity index (χ1v) is 10.3. The van der Waals surface area contributed by atoms with Crippen molar-refractivity contribution in [2.24, 2.45) is 0 Å². The van der Waals surface area contributed by atoms with Gasteiger partial charge in [-0.05, 0) is 49.1 Å². The lowest BCUT2D eigenvalue weighted by molar-refractivity contribution is -0.131. The third kappa shape index (κ3) is 4.78. The molecule has 0 unspecified atom stereocenters. The number of hydrogen-bond donors (Lipinski definition) is 0. The first-order chi connectivity index (χ1) is 13.8. The van der Waals surface area contributed by atoms with Crippen molar-refractivity contribution in [3.63, 3.8) is 0 Å². The van der Waals surface area contributed by atoms with Crippen LogP contribution in [-0.4, -0.2) is 33.4 Å². The van der Waals surface area contributed by atoms with Crippen LogP contribution in [0.1, 0.15) is 46.0 Å². The first-order valence-electron chi connectivity index (χ1n) is 10.3. The van der Waals surface area contributed by atoms with Crippen LogP contribution >= 0.6 is 0 Å². The molecule has 1 heterocycles. The number of carbonyl (C=O) groups excluding carboxylic acids is 1. The largest absolute Gasteiger partial charge is 0.486 e. The fraction of sp³-hybridized carbons (Fsp3) is 0.417. The van der Waals surface area contributed by atoms with Crippen molar-refractivity contribution in [2.75, 3.05) is 13.1 Å². The van der Waals surface area contributed by atoms with E-state index in [-0.39, 0.29) is 17.9 Å². The number of ether oxygens (including phenoxy) is 1. The molecule has 0 aliphatic rings. The highest BCUT2D eigenvalue weighted by molar-refractivity contribution is 5.81.